The third-order valence-electron chi connectivity index (χ3n) is 4.02. The summed E-state index contributed by atoms with van der Waals surface area (Å²) in [4.78, 5) is 0. The zero-order valence-electron chi connectivity index (χ0n) is 10.8. The zero-order chi connectivity index (χ0) is 13.3. The summed E-state index contributed by atoms with van der Waals surface area (Å²) in [7, 11) is 0. The lowest BCUT2D eigenvalue weighted by Gasteiger charge is -2.23. The molecule has 2 heteroatoms. The van der Waals surface area contributed by atoms with Gasteiger partial charge in [-0.3, -0.25) is 0 Å². The van der Waals surface area contributed by atoms with E-state index in [0.717, 1.165) is 36.8 Å². The van der Waals surface area contributed by atoms with E-state index < -0.39 is 5.60 Å². The van der Waals surface area contributed by atoms with Crippen molar-refractivity contribution < 1.29 is 9.50 Å². The first-order valence-corrected chi connectivity index (χ1v) is 6.77. The third-order valence-corrected chi connectivity index (χ3v) is 4.02. The first-order valence-electron chi connectivity index (χ1n) is 6.77. The van der Waals surface area contributed by atoms with Gasteiger partial charge in [-0.1, -0.05) is 49.2 Å². The Kier molecular flexibility index (Phi) is 3.11. The fraction of sp³-hybridized carbons (Fsp3) is 0.294. The molecular formula is C17H17FO. The number of benzene rings is 2. The highest BCUT2D eigenvalue weighted by Crippen LogP contribution is 2.39. The molecular weight excluding hydrogens is 239 g/mol. The lowest BCUT2D eigenvalue weighted by Crippen LogP contribution is -2.20. The van der Waals surface area contributed by atoms with Crippen molar-refractivity contribution in [3.63, 3.8) is 0 Å². The molecule has 1 nitrogen and oxygen atoms in total. The van der Waals surface area contributed by atoms with Gasteiger partial charge in [-0.05, 0) is 36.1 Å². The molecule has 1 N–H and O–H groups in total. The van der Waals surface area contributed by atoms with Gasteiger partial charge in [-0.15, -0.1) is 0 Å². The van der Waals surface area contributed by atoms with Crippen molar-refractivity contribution in [2.75, 3.05) is 0 Å². The predicted octanol–water partition coefficient (Wildman–Crippen LogP) is 4.25. The summed E-state index contributed by atoms with van der Waals surface area (Å²) < 4.78 is 13.8. The van der Waals surface area contributed by atoms with E-state index in [-0.39, 0.29) is 5.82 Å². The zero-order valence-corrected chi connectivity index (χ0v) is 10.8. The minimum Gasteiger partial charge on any atom is -0.385 e. The normalized spacial score (nSPS) is 17.6. The molecule has 0 amide bonds. The summed E-state index contributed by atoms with van der Waals surface area (Å²) in [6, 6.07) is 14.4. The van der Waals surface area contributed by atoms with E-state index in [2.05, 4.69) is 0 Å². The largest absolute Gasteiger partial charge is 0.385 e. The number of hydrogen-bond donors (Lipinski definition) is 1. The summed E-state index contributed by atoms with van der Waals surface area (Å²) in [6.07, 6.45) is 3.71. The summed E-state index contributed by atoms with van der Waals surface area (Å²) in [5.74, 6) is -0.224. The van der Waals surface area contributed by atoms with Crippen LogP contribution in [0.5, 0.6) is 0 Å². The molecule has 0 aliphatic heterocycles. The highest BCUT2D eigenvalue weighted by Gasteiger charge is 2.33. The molecule has 1 aliphatic carbocycles. The van der Waals surface area contributed by atoms with E-state index in [9.17, 15) is 9.50 Å². The highest BCUT2D eigenvalue weighted by molar-refractivity contribution is 5.65. The van der Waals surface area contributed by atoms with Crippen molar-refractivity contribution in [1.29, 1.82) is 0 Å². The van der Waals surface area contributed by atoms with Gasteiger partial charge in [0.05, 0.1) is 5.60 Å². The summed E-state index contributed by atoms with van der Waals surface area (Å²) >= 11 is 0. The molecule has 1 aliphatic rings. The Morgan fingerprint density at radius 3 is 2.42 bits per heavy atom. The standard InChI is InChI=1S/C17H17FO/c18-16-9-2-1-8-15(16)13-6-5-7-14(12-13)17(19)10-3-4-11-17/h1-2,5-9,12,19H,3-4,10-11H2. The molecule has 0 radical (unpaired) electrons. The van der Waals surface area contributed by atoms with E-state index >= 15 is 0 Å². The Hall–Kier alpha value is -1.67. The van der Waals surface area contributed by atoms with Crippen LogP contribution in [0.4, 0.5) is 4.39 Å². The average Bonchev–Trinajstić information content (AvgIpc) is 2.88. The predicted molar refractivity (Wildman–Crippen MR) is 74.2 cm³/mol. The molecule has 1 saturated carbocycles. The minimum absolute atomic E-state index is 0.224. The number of aliphatic hydroxyl groups is 1. The van der Waals surface area contributed by atoms with Crippen LogP contribution in [0.2, 0.25) is 0 Å². The number of rotatable bonds is 2. The van der Waals surface area contributed by atoms with Crippen molar-refractivity contribution in [3.05, 3.63) is 59.9 Å². The quantitative estimate of drug-likeness (QED) is 0.851. The molecule has 0 saturated heterocycles. The van der Waals surface area contributed by atoms with E-state index in [4.69, 9.17) is 0 Å². The smallest absolute Gasteiger partial charge is 0.131 e. The van der Waals surface area contributed by atoms with Crippen LogP contribution in [0.1, 0.15) is 31.2 Å². The molecule has 0 aromatic heterocycles. The fourth-order valence-electron chi connectivity index (χ4n) is 2.92. The van der Waals surface area contributed by atoms with Crippen LogP contribution >= 0.6 is 0 Å². The van der Waals surface area contributed by atoms with Gasteiger partial charge >= 0.3 is 0 Å². The van der Waals surface area contributed by atoms with E-state index in [1.54, 1.807) is 12.1 Å². The first kappa shape index (κ1) is 12.4. The molecule has 0 spiro atoms. The third kappa shape index (κ3) is 2.28. The van der Waals surface area contributed by atoms with Gasteiger partial charge in [0.2, 0.25) is 0 Å². The van der Waals surface area contributed by atoms with Crippen molar-refractivity contribution in [1.82, 2.24) is 0 Å². The summed E-state index contributed by atoms with van der Waals surface area (Å²) in [5.41, 5.74) is 1.61. The van der Waals surface area contributed by atoms with Crippen molar-refractivity contribution >= 4 is 0 Å². The summed E-state index contributed by atoms with van der Waals surface area (Å²) in [6.45, 7) is 0. The van der Waals surface area contributed by atoms with Gasteiger partial charge in [0.15, 0.2) is 0 Å². The molecule has 3 rings (SSSR count). The maximum atomic E-state index is 13.8. The maximum absolute atomic E-state index is 13.8. The summed E-state index contributed by atoms with van der Waals surface area (Å²) in [5, 5.41) is 10.6. The molecule has 1 fully saturated rings. The van der Waals surface area contributed by atoms with E-state index in [1.807, 2.05) is 30.3 Å². The Labute approximate surface area is 112 Å². The molecule has 0 bridgehead atoms. The monoisotopic (exact) mass is 256 g/mol. The van der Waals surface area contributed by atoms with Crippen LogP contribution in [-0.4, -0.2) is 5.11 Å². The lowest BCUT2D eigenvalue weighted by molar-refractivity contribution is 0.0445. The first-order chi connectivity index (χ1) is 9.19. The highest BCUT2D eigenvalue weighted by atomic mass is 19.1. The van der Waals surface area contributed by atoms with E-state index in [1.165, 1.54) is 6.07 Å². The van der Waals surface area contributed by atoms with Crippen LogP contribution < -0.4 is 0 Å². The molecule has 2 aromatic rings. The van der Waals surface area contributed by atoms with Crippen LogP contribution in [0.25, 0.3) is 11.1 Å². The SMILES string of the molecule is OC1(c2cccc(-c3ccccc3F)c2)CCCC1. The van der Waals surface area contributed by atoms with Crippen LogP contribution in [-0.2, 0) is 5.60 Å². The number of halogens is 1. The lowest BCUT2D eigenvalue weighted by atomic mass is 9.90. The van der Waals surface area contributed by atoms with Crippen molar-refractivity contribution in [2.45, 2.75) is 31.3 Å². The molecule has 98 valence electrons. The Morgan fingerprint density at radius 2 is 1.68 bits per heavy atom. The van der Waals surface area contributed by atoms with Gasteiger partial charge in [0, 0.05) is 5.56 Å². The van der Waals surface area contributed by atoms with Gasteiger partial charge < -0.3 is 5.11 Å². The van der Waals surface area contributed by atoms with Crippen LogP contribution in [0.3, 0.4) is 0 Å². The maximum Gasteiger partial charge on any atom is 0.131 e. The van der Waals surface area contributed by atoms with Gasteiger partial charge in [-0.2, -0.15) is 0 Å². The Balaban J connectivity index is 2.03. The average molecular weight is 256 g/mol. The van der Waals surface area contributed by atoms with Crippen molar-refractivity contribution in [2.24, 2.45) is 0 Å². The second-order valence-electron chi connectivity index (χ2n) is 5.30. The van der Waals surface area contributed by atoms with Gasteiger partial charge in [-0.25, -0.2) is 4.39 Å². The Bertz CT molecular complexity index is 585. The molecule has 0 atom stereocenters. The molecule has 0 unspecified atom stereocenters. The van der Waals surface area contributed by atoms with E-state index in [0.29, 0.717) is 5.56 Å². The second kappa shape index (κ2) is 4.78. The van der Waals surface area contributed by atoms with Crippen LogP contribution in [0, 0.1) is 5.82 Å². The van der Waals surface area contributed by atoms with Gasteiger partial charge in [0.1, 0.15) is 5.82 Å². The molecule has 0 heterocycles. The second-order valence-corrected chi connectivity index (χ2v) is 5.30. The minimum atomic E-state index is -0.721. The fourth-order valence-corrected chi connectivity index (χ4v) is 2.92. The van der Waals surface area contributed by atoms with Gasteiger partial charge in [0.25, 0.3) is 0 Å². The van der Waals surface area contributed by atoms with Crippen LogP contribution in [0.15, 0.2) is 48.5 Å². The Morgan fingerprint density at radius 1 is 0.947 bits per heavy atom. The topological polar surface area (TPSA) is 20.2 Å². The number of hydrogen-bond acceptors (Lipinski definition) is 1. The van der Waals surface area contributed by atoms with Crippen molar-refractivity contribution in [3.8, 4) is 11.1 Å². The molecule has 19 heavy (non-hydrogen) atoms. The molecule has 2 aromatic carbocycles.